The van der Waals surface area contributed by atoms with Gasteiger partial charge in [-0.25, -0.2) is 4.98 Å². The summed E-state index contributed by atoms with van der Waals surface area (Å²) in [6, 6.07) is 5.73. The van der Waals surface area contributed by atoms with E-state index in [0.29, 0.717) is 4.99 Å². The van der Waals surface area contributed by atoms with Gasteiger partial charge in [0, 0.05) is 31.2 Å². The van der Waals surface area contributed by atoms with Crippen molar-refractivity contribution in [2.45, 2.75) is 19.9 Å². The molecule has 0 bridgehead atoms. The first-order valence-corrected chi connectivity index (χ1v) is 6.56. The highest BCUT2D eigenvalue weighted by Crippen LogP contribution is 2.13. The van der Waals surface area contributed by atoms with E-state index in [2.05, 4.69) is 15.4 Å². The highest BCUT2D eigenvalue weighted by molar-refractivity contribution is 7.80. The van der Waals surface area contributed by atoms with Crippen LogP contribution in [0.1, 0.15) is 17.7 Å². The van der Waals surface area contributed by atoms with E-state index in [1.165, 1.54) is 0 Å². The van der Waals surface area contributed by atoms with Crippen molar-refractivity contribution in [2.75, 3.05) is 11.9 Å². The number of thiocarbonyl (C=S) groups is 1. The standard InChI is InChI=1S/C13H17N5S/c1-10-4-5-11(12(14)19)13(17-10)15-6-2-8-18-9-3-7-16-18/h3-5,7,9H,2,6,8H2,1H3,(H2,14,19)(H,15,17). The van der Waals surface area contributed by atoms with Gasteiger partial charge in [-0.3, -0.25) is 4.68 Å². The first-order chi connectivity index (χ1) is 9.16. The first kappa shape index (κ1) is 13.5. The van der Waals surface area contributed by atoms with Crippen LogP contribution in [-0.2, 0) is 6.54 Å². The zero-order valence-corrected chi connectivity index (χ0v) is 11.7. The van der Waals surface area contributed by atoms with Gasteiger partial charge in [0.1, 0.15) is 10.8 Å². The topological polar surface area (TPSA) is 68.8 Å². The van der Waals surface area contributed by atoms with Crippen molar-refractivity contribution in [3.05, 3.63) is 41.9 Å². The Kier molecular flexibility index (Phi) is 4.46. The fourth-order valence-corrected chi connectivity index (χ4v) is 1.94. The highest BCUT2D eigenvalue weighted by Gasteiger charge is 2.06. The maximum Gasteiger partial charge on any atom is 0.136 e. The molecule has 0 atom stereocenters. The molecule has 0 fully saturated rings. The van der Waals surface area contributed by atoms with Gasteiger partial charge < -0.3 is 11.1 Å². The molecule has 100 valence electrons. The summed E-state index contributed by atoms with van der Waals surface area (Å²) in [5.74, 6) is 0.757. The number of hydrogen-bond donors (Lipinski definition) is 2. The quantitative estimate of drug-likeness (QED) is 0.620. The van der Waals surface area contributed by atoms with Gasteiger partial charge >= 0.3 is 0 Å². The van der Waals surface area contributed by atoms with Crippen molar-refractivity contribution in [1.82, 2.24) is 14.8 Å². The molecule has 0 unspecified atom stereocenters. The summed E-state index contributed by atoms with van der Waals surface area (Å²) in [6.45, 7) is 3.61. The van der Waals surface area contributed by atoms with Crippen LogP contribution in [0.3, 0.4) is 0 Å². The van der Waals surface area contributed by atoms with Crippen molar-refractivity contribution >= 4 is 23.0 Å². The number of nitrogens with one attached hydrogen (secondary N) is 1. The molecule has 0 saturated carbocycles. The molecule has 2 heterocycles. The third kappa shape index (κ3) is 3.75. The SMILES string of the molecule is Cc1ccc(C(N)=S)c(NCCCn2cccn2)n1. The van der Waals surface area contributed by atoms with E-state index in [-0.39, 0.29) is 0 Å². The Hall–Kier alpha value is -1.95. The lowest BCUT2D eigenvalue weighted by molar-refractivity contribution is 0.591. The maximum atomic E-state index is 5.68. The van der Waals surface area contributed by atoms with Gasteiger partial charge in [-0.15, -0.1) is 0 Å². The van der Waals surface area contributed by atoms with Crippen LogP contribution in [0.15, 0.2) is 30.6 Å². The molecule has 0 spiro atoms. The van der Waals surface area contributed by atoms with Crippen LogP contribution in [0, 0.1) is 6.92 Å². The Bertz CT molecular complexity index is 550. The van der Waals surface area contributed by atoms with Crippen LogP contribution in [0.5, 0.6) is 0 Å². The van der Waals surface area contributed by atoms with Gasteiger partial charge in [-0.2, -0.15) is 5.10 Å². The number of pyridine rings is 1. The second kappa shape index (κ2) is 6.29. The first-order valence-electron chi connectivity index (χ1n) is 6.15. The minimum atomic E-state index is 0.363. The average molecular weight is 275 g/mol. The lowest BCUT2D eigenvalue weighted by Crippen LogP contribution is -2.16. The lowest BCUT2D eigenvalue weighted by Gasteiger charge is -2.11. The van der Waals surface area contributed by atoms with Crippen LogP contribution in [0.25, 0.3) is 0 Å². The van der Waals surface area contributed by atoms with Crippen molar-refractivity contribution < 1.29 is 0 Å². The van der Waals surface area contributed by atoms with Crippen LogP contribution in [-0.4, -0.2) is 26.3 Å². The monoisotopic (exact) mass is 275 g/mol. The zero-order chi connectivity index (χ0) is 13.7. The van der Waals surface area contributed by atoms with Gasteiger partial charge in [-0.1, -0.05) is 12.2 Å². The lowest BCUT2D eigenvalue weighted by atomic mass is 10.2. The Morgan fingerprint density at radius 1 is 1.47 bits per heavy atom. The van der Waals surface area contributed by atoms with Crippen LogP contribution < -0.4 is 11.1 Å². The summed E-state index contributed by atoms with van der Waals surface area (Å²) < 4.78 is 1.90. The Morgan fingerprint density at radius 2 is 2.32 bits per heavy atom. The van der Waals surface area contributed by atoms with Crippen molar-refractivity contribution in [3.63, 3.8) is 0 Å². The number of anilines is 1. The smallest absolute Gasteiger partial charge is 0.136 e. The summed E-state index contributed by atoms with van der Waals surface area (Å²) >= 11 is 5.02. The summed E-state index contributed by atoms with van der Waals surface area (Å²) in [5, 5.41) is 7.43. The van der Waals surface area contributed by atoms with Crippen molar-refractivity contribution in [1.29, 1.82) is 0 Å². The Labute approximate surface area is 117 Å². The van der Waals surface area contributed by atoms with Gasteiger partial charge in [0.15, 0.2) is 0 Å². The van der Waals surface area contributed by atoms with Gasteiger partial charge in [0.25, 0.3) is 0 Å². The molecule has 19 heavy (non-hydrogen) atoms. The molecular weight excluding hydrogens is 258 g/mol. The third-order valence-electron chi connectivity index (χ3n) is 2.72. The van der Waals surface area contributed by atoms with Gasteiger partial charge in [0.05, 0.1) is 5.56 Å². The minimum Gasteiger partial charge on any atom is -0.389 e. The molecule has 0 radical (unpaired) electrons. The number of nitrogens with zero attached hydrogens (tertiary/aromatic N) is 3. The summed E-state index contributed by atoms with van der Waals surface area (Å²) in [7, 11) is 0. The van der Waals surface area contributed by atoms with Crippen LogP contribution in [0.2, 0.25) is 0 Å². The van der Waals surface area contributed by atoms with Crippen molar-refractivity contribution in [2.24, 2.45) is 5.73 Å². The molecular formula is C13H17N5S. The predicted octanol–water partition coefficient (Wildman–Crippen LogP) is 1.72. The highest BCUT2D eigenvalue weighted by atomic mass is 32.1. The molecule has 0 aliphatic carbocycles. The van der Waals surface area contributed by atoms with E-state index in [0.717, 1.165) is 36.6 Å². The van der Waals surface area contributed by atoms with Crippen LogP contribution >= 0.6 is 12.2 Å². The largest absolute Gasteiger partial charge is 0.389 e. The molecule has 6 heteroatoms. The van der Waals surface area contributed by atoms with Gasteiger partial charge in [0.2, 0.25) is 0 Å². The fourth-order valence-electron chi connectivity index (χ4n) is 1.77. The Balaban J connectivity index is 1.91. The van der Waals surface area contributed by atoms with E-state index in [1.807, 2.05) is 36.0 Å². The molecule has 2 aromatic heterocycles. The molecule has 0 aromatic carbocycles. The molecule has 0 aliphatic rings. The molecule has 3 N–H and O–H groups in total. The summed E-state index contributed by atoms with van der Waals surface area (Å²) in [5.41, 5.74) is 7.41. The third-order valence-corrected chi connectivity index (χ3v) is 2.94. The second-order valence-corrected chi connectivity index (χ2v) is 4.70. The van der Waals surface area contributed by atoms with E-state index in [9.17, 15) is 0 Å². The predicted molar refractivity (Wildman–Crippen MR) is 80.2 cm³/mol. The van der Waals surface area contributed by atoms with Gasteiger partial charge in [-0.05, 0) is 31.5 Å². The number of hydrogen-bond acceptors (Lipinski definition) is 4. The fraction of sp³-hybridized carbons (Fsp3) is 0.308. The van der Waals surface area contributed by atoms with E-state index in [4.69, 9.17) is 18.0 Å². The average Bonchev–Trinajstić information content (AvgIpc) is 2.87. The van der Waals surface area contributed by atoms with Crippen LogP contribution in [0.4, 0.5) is 5.82 Å². The second-order valence-electron chi connectivity index (χ2n) is 4.26. The van der Waals surface area contributed by atoms with E-state index < -0.39 is 0 Å². The number of nitrogens with two attached hydrogens (primary N) is 1. The molecule has 0 aliphatic heterocycles. The summed E-state index contributed by atoms with van der Waals surface area (Å²) in [6.07, 6.45) is 4.68. The molecule has 2 rings (SSSR count). The van der Waals surface area contributed by atoms with E-state index in [1.54, 1.807) is 6.20 Å². The Morgan fingerprint density at radius 3 is 3.00 bits per heavy atom. The van der Waals surface area contributed by atoms with Crippen molar-refractivity contribution in [3.8, 4) is 0 Å². The number of aryl methyl sites for hydroxylation is 2. The van der Waals surface area contributed by atoms with E-state index >= 15 is 0 Å². The normalized spacial score (nSPS) is 10.4. The molecule has 2 aromatic rings. The molecule has 0 amide bonds. The minimum absolute atomic E-state index is 0.363. The number of aromatic nitrogens is 3. The number of rotatable bonds is 6. The molecule has 5 nitrogen and oxygen atoms in total. The summed E-state index contributed by atoms with van der Waals surface area (Å²) in [4.78, 5) is 4.79. The molecule has 0 saturated heterocycles. The maximum absolute atomic E-state index is 5.68. The zero-order valence-electron chi connectivity index (χ0n) is 10.8.